The van der Waals surface area contributed by atoms with Crippen LogP contribution in [0.2, 0.25) is 0 Å². The molecule has 5 nitrogen and oxygen atoms in total. The summed E-state index contributed by atoms with van der Waals surface area (Å²) < 4.78 is 0. The van der Waals surface area contributed by atoms with Crippen molar-refractivity contribution in [3.63, 3.8) is 0 Å². The maximum absolute atomic E-state index is 5.00. The fraction of sp³-hybridized carbons (Fsp3) is 0. The predicted molar refractivity (Wildman–Crippen MR) is 211 cm³/mol. The molecule has 0 saturated carbocycles. The number of rotatable bonds is 7. The van der Waals surface area contributed by atoms with Crippen LogP contribution in [0.1, 0.15) is 0 Å². The first kappa shape index (κ1) is 30.9. The smallest absolute Gasteiger partial charge is 0.164 e. The summed E-state index contributed by atoms with van der Waals surface area (Å²) in [5.41, 5.74) is 9.92. The lowest BCUT2D eigenvalue weighted by Gasteiger charge is -2.11. The lowest BCUT2D eigenvalue weighted by Crippen LogP contribution is -2.00. The first-order valence-corrected chi connectivity index (χ1v) is 17.3. The van der Waals surface area contributed by atoms with Crippen LogP contribution in [0.25, 0.3) is 90.0 Å². The highest BCUT2D eigenvalue weighted by atomic mass is 15.0. The summed E-state index contributed by atoms with van der Waals surface area (Å²) in [5.74, 6) is 2.64. The number of benzene rings is 7. The summed E-state index contributed by atoms with van der Waals surface area (Å²) in [4.78, 5) is 24.7. The first-order chi connectivity index (χ1) is 25.7. The number of hydrogen-bond acceptors (Lipinski definition) is 5. The summed E-state index contributed by atoms with van der Waals surface area (Å²) >= 11 is 0. The average Bonchev–Trinajstić information content (AvgIpc) is 3.24. The number of aromatic nitrogens is 5. The van der Waals surface area contributed by atoms with E-state index in [9.17, 15) is 0 Å². The van der Waals surface area contributed by atoms with E-state index in [0.717, 1.165) is 66.7 Å². The molecule has 0 aliphatic carbocycles. The van der Waals surface area contributed by atoms with Gasteiger partial charge in [-0.05, 0) is 40.1 Å². The van der Waals surface area contributed by atoms with Crippen molar-refractivity contribution in [1.29, 1.82) is 0 Å². The predicted octanol–water partition coefficient (Wildman–Crippen LogP) is 11.5. The molecule has 0 aliphatic heterocycles. The molecule has 52 heavy (non-hydrogen) atoms. The Morgan fingerprint density at radius 3 is 1.06 bits per heavy atom. The van der Waals surface area contributed by atoms with Crippen molar-refractivity contribution < 1.29 is 0 Å². The number of hydrogen-bond donors (Lipinski definition) is 0. The third-order valence-corrected chi connectivity index (χ3v) is 9.14. The Morgan fingerprint density at radius 1 is 0.212 bits per heavy atom. The van der Waals surface area contributed by atoms with Crippen molar-refractivity contribution in [3.8, 4) is 79.2 Å². The third-order valence-electron chi connectivity index (χ3n) is 9.14. The molecule has 0 fully saturated rings. The van der Waals surface area contributed by atoms with Crippen LogP contribution in [-0.2, 0) is 0 Å². The van der Waals surface area contributed by atoms with E-state index in [1.807, 2.05) is 109 Å². The van der Waals surface area contributed by atoms with Gasteiger partial charge in [0.1, 0.15) is 0 Å². The van der Waals surface area contributed by atoms with Gasteiger partial charge in [0.25, 0.3) is 0 Å². The van der Waals surface area contributed by atoms with Crippen LogP contribution in [0, 0.1) is 0 Å². The average molecular weight is 666 g/mol. The Labute approximate surface area is 302 Å². The molecule has 0 amide bonds. The molecule has 0 radical (unpaired) electrons. The zero-order valence-corrected chi connectivity index (χ0v) is 28.1. The highest BCUT2D eigenvalue weighted by Crippen LogP contribution is 2.32. The maximum Gasteiger partial charge on any atom is 0.164 e. The van der Waals surface area contributed by atoms with Gasteiger partial charge in [0.15, 0.2) is 23.3 Å². The van der Waals surface area contributed by atoms with E-state index in [1.54, 1.807) is 0 Å². The molecular weight excluding hydrogens is 635 g/mol. The molecule has 0 spiro atoms. The summed E-state index contributed by atoms with van der Waals surface area (Å²) in [7, 11) is 0. The summed E-state index contributed by atoms with van der Waals surface area (Å²) in [6.45, 7) is 0. The fourth-order valence-corrected chi connectivity index (χ4v) is 6.40. The summed E-state index contributed by atoms with van der Waals surface area (Å²) in [6, 6.07) is 64.2. The molecule has 0 atom stereocenters. The molecule has 2 heterocycles. The van der Waals surface area contributed by atoms with Crippen molar-refractivity contribution in [1.82, 2.24) is 24.9 Å². The van der Waals surface area contributed by atoms with Gasteiger partial charge in [-0.3, -0.25) is 0 Å². The van der Waals surface area contributed by atoms with Gasteiger partial charge in [-0.15, -0.1) is 0 Å². The number of nitrogens with zero attached hydrogens (tertiary/aromatic N) is 5. The van der Waals surface area contributed by atoms with Gasteiger partial charge >= 0.3 is 0 Å². The Hall–Kier alpha value is -7.11. The molecule has 0 saturated heterocycles. The van der Waals surface area contributed by atoms with E-state index in [1.165, 1.54) is 0 Å². The minimum absolute atomic E-state index is 0.638. The minimum atomic E-state index is 0.638. The van der Waals surface area contributed by atoms with E-state index in [2.05, 4.69) is 78.9 Å². The molecule has 9 aromatic rings. The van der Waals surface area contributed by atoms with Crippen molar-refractivity contribution in [2.24, 2.45) is 0 Å². The second kappa shape index (κ2) is 13.7. The second-order valence-corrected chi connectivity index (χ2v) is 12.6. The molecule has 0 aliphatic rings. The Bertz CT molecular complexity index is 2530. The zero-order valence-electron chi connectivity index (χ0n) is 28.1. The molecule has 244 valence electrons. The fourth-order valence-electron chi connectivity index (χ4n) is 6.40. The monoisotopic (exact) mass is 665 g/mol. The van der Waals surface area contributed by atoms with Crippen LogP contribution in [0.3, 0.4) is 0 Å². The molecule has 2 aromatic heterocycles. The zero-order chi connectivity index (χ0) is 34.7. The molecular formula is C47H31N5. The van der Waals surface area contributed by atoms with Gasteiger partial charge in [-0.1, -0.05) is 170 Å². The molecule has 0 N–H and O–H groups in total. The van der Waals surface area contributed by atoms with Gasteiger partial charge in [0.2, 0.25) is 0 Å². The topological polar surface area (TPSA) is 64.5 Å². The van der Waals surface area contributed by atoms with Gasteiger partial charge in [-0.25, -0.2) is 24.9 Å². The van der Waals surface area contributed by atoms with Crippen molar-refractivity contribution >= 4 is 10.8 Å². The first-order valence-electron chi connectivity index (χ1n) is 17.3. The Balaban J connectivity index is 1.07. The van der Waals surface area contributed by atoms with E-state index >= 15 is 0 Å². The summed E-state index contributed by atoms with van der Waals surface area (Å²) in [6.07, 6.45) is 0. The van der Waals surface area contributed by atoms with Gasteiger partial charge in [0.05, 0.1) is 11.4 Å². The van der Waals surface area contributed by atoms with Crippen LogP contribution in [0.15, 0.2) is 188 Å². The third kappa shape index (κ3) is 6.35. The summed E-state index contributed by atoms with van der Waals surface area (Å²) in [5, 5.41) is 2.26. The Morgan fingerprint density at radius 2 is 0.558 bits per heavy atom. The molecule has 0 unspecified atom stereocenters. The molecule has 7 aromatic carbocycles. The van der Waals surface area contributed by atoms with Crippen molar-refractivity contribution in [3.05, 3.63) is 188 Å². The van der Waals surface area contributed by atoms with Crippen LogP contribution in [-0.4, -0.2) is 24.9 Å². The van der Waals surface area contributed by atoms with Crippen molar-refractivity contribution in [2.45, 2.75) is 0 Å². The lowest BCUT2D eigenvalue weighted by molar-refractivity contribution is 1.07. The van der Waals surface area contributed by atoms with Gasteiger partial charge < -0.3 is 0 Å². The normalized spacial score (nSPS) is 11.1. The maximum atomic E-state index is 5.00. The van der Waals surface area contributed by atoms with E-state index in [4.69, 9.17) is 24.9 Å². The standard InChI is InChI=1S/C47H31N5/c1-5-13-34(14-6-1)42-31-43(49-44(48-42)36-15-7-2-8-16-36)35-25-21-32(22-26-35)39-27-23-33-24-28-40(30-41(33)29-39)47-51-45(37-17-9-3-10-18-37)50-46(52-47)38-19-11-4-12-20-38/h1-31H. The van der Waals surface area contributed by atoms with Crippen LogP contribution < -0.4 is 0 Å². The molecule has 9 rings (SSSR count). The van der Waals surface area contributed by atoms with Crippen LogP contribution >= 0.6 is 0 Å². The van der Waals surface area contributed by atoms with Gasteiger partial charge in [0, 0.05) is 33.4 Å². The van der Waals surface area contributed by atoms with E-state index in [-0.39, 0.29) is 0 Å². The van der Waals surface area contributed by atoms with Crippen molar-refractivity contribution in [2.75, 3.05) is 0 Å². The highest BCUT2D eigenvalue weighted by Gasteiger charge is 2.14. The Kier molecular flexibility index (Phi) is 8.12. The van der Waals surface area contributed by atoms with E-state index < -0.39 is 0 Å². The van der Waals surface area contributed by atoms with Crippen LogP contribution in [0.4, 0.5) is 0 Å². The second-order valence-electron chi connectivity index (χ2n) is 12.6. The quantitative estimate of drug-likeness (QED) is 0.169. The van der Waals surface area contributed by atoms with Crippen LogP contribution in [0.5, 0.6) is 0 Å². The number of fused-ring (bicyclic) bond motifs is 1. The molecule has 0 bridgehead atoms. The lowest BCUT2D eigenvalue weighted by atomic mass is 9.98. The largest absolute Gasteiger partial charge is 0.228 e. The minimum Gasteiger partial charge on any atom is -0.228 e. The SMILES string of the molecule is c1ccc(-c2cc(-c3ccc(-c4ccc5ccc(-c6nc(-c7ccccc7)nc(-c7ccccc7)n6)cc5c4)cc3)nc(-c3ccccc3)n2)cc1. The van der Waals surface area contributed by atoms with E-state index in [0.29, 0.717) is 23.3 Å². The molecule has 5 heteroatoms. The highest BCUT2D eigenvalue weighted by molar-refractivity contribution is 5.90. The van der Waals surface area contributed by atoms with Gasteiger partial charge in [-0.2, -0.15) is 0 Å².